The summed E-state index contributed by atoms with van der Waals surface area (Å²) in [5.41, 5.74) is 7.32. The number of piperazine rings is 1. The number of carbonyl (C=O) groups is 2. The Balaban J connectivity index is 1.93. The summed E-state index contributed by atoms with van der Waals surface area (Å²) in [5.74, 6) is -0.101. The lowest BCUT2D eigenvalue weighted by Crippen LogP contribution is -2.54. The van der Waals surface area contributed by atoms with E-state index in [1.54, 1.807) is 18.0 Å². The van der Waals surface area contributed by atoms with Crippen LogP contribution < -0.4 is 16.0 Å². The number of anilines is 1. The molecule has 7 nitrogen and oxygen atoms in total. The van der Waals surface area contributed by atoms with Crippen molar-refractivity contribution in [3.05, 3.63) is 24.0 Å². The molecule has 7 heteroatoms. The van der Waals surface area contributed by atoms with E-state index < -0.39 is 12.1 Å². The number of aryl methyl sites for hydroxylation is 1. The molecule has 0 radical (unpaired) electrons. The van der Waals surface area contributed by atoms with Gasteiger partial charge < -0.3 is 20.9 Å². The normalized spacial score (nSPS) is 16.5. The van der Waals surface area contributed by atoms with Gasteiger partial charge in [0.15, 0.2) is 0 Å². The molecule has 1 saturated heterocycles. The van der Waals surface area contributed by atoms with E-state index in [0.29, 0.717) is 13.1 Å². The highest BCUT2D eigenvalue weighted by atomic mass is 16.2. The number of urea groups is 1. The second kappa shape index (κ2) is 6.43. The Bertz CT molecular complexity index is 526. The fourth-order valence-electron chi connectivity index (χ4n) is 2.50. The summed E-state index contributed by atoms with van der Waals surface area (Å²) in [4.78, 5) is 31.1. The SMILES string of the molecule is Cc1ccncc1N1CCN(C(=O)C(C)NC(N)=O)CC1. The molecule has 1 aliphatic heterocycles. The summed E-state index contributed by atoms with van der Waals surface area (Å²) in [7, 11) is 0. The maximum Gasteiger partial charge on any atom is 0.312 e. The Morgan fingerprint density at radius 2 is 2.00 bits per heavy atom. The topological polar surface area (TPSA) is 91.6 Å². The van der Waals surface area contributed by atoms with Gasteiger partial charge in [-0.15, -0.1) is 0 Å². The quantitative estimate of drug-likeness (QED) is 0.826. The molecule has 0 saturated carbocycles. The smallest absolute Gasteiger partial charge is 0.312 e. The van der Waals surface area contributed by atoms with Crippen LogP contribution in [0.15, 0.2) is 18.5 Å². The fraction of sp³-hybridized carbons (Fsp3) is 0.500. The Hall–Kier alpha value is -2.31. The second-order valence-corrected chi connectivity index (χ2v) is 5.20. The lowest BCUT2D eigenvalue weighted by Gasteiger charge is -2.37. The summed E-state index contributed by atoms with van der Waals surface area (Å²) in [6.45, 7) is 6.44. The molecule has 1 aromatic heterocycles. The highest BCUT2D eigenvalue weighted by Crippen LogP contribution is 2.19. The van der Waals surface area contributed by atoms with Crippen molar-refractivity contribution in [1.82, 2.24) is 15.2 Å². The first-order chi connectivity index (χ1) is 9.99. The van der Waals surface area contributed by atoms with Gasteiger partial charge in [0.05, 0.1) is 11.9 Å². The van der Waals surface area contributed by atoms with Gasteiger partial charge in [-0.2, -0.15) is 0 Å². The van der Waals surface area contributed by atoms with Crippen LogP contribution in [0.25, 0.3) is 0 Å². The minimum absolute atomic E-state index is 0.101. The monoisotopic (exact) mass is 291 g/mol. The first-order valence-electron chi connectivity index (χ1n) is 6.99. The molecule has 1 fully saturated rings. The molecule has 3 amide bonds. The zero-order valence-corrected chi connectivity index (χ0v) is 12.4. The molecule has 2 heterocycles. The van der Waals surface area contributed by atoms with Crippen LogP contribution in [0.1, 0.15) is 12.5 Å². The van der Waals surface area contributed by atoms with E-state index in [4.69, 9.17) is 5.73 Å². The van der Waals surface area contributed by atoms with Crippen LogP contribution in [-0.2, 0) is 4.79 Å². The van der Waals surface area contributed by atoms with Gasteiger partial charge in [0.1, 0.15) is 6.04 Å². The Kier molecular flexibility index (Phi) is 4.62. The van der Waals surface area contributed by atoms with Crippen molar-refractivity contribution in [3.8, 4) is 0 Å². The molecule has 2 rings (SSSR count). The van der Waals surface area contributed by atoms with E-state index in [-0.39, 0.29) is 5.91 Å². The van der Waals surface area contributed by atoms with Gasteiger partial charge in [-0.25, -0.2) is 4.79 Å². The van der Waals surface area contributed by atoms with E-state index in [1.165, 1.54) is 5.56 Å². The number of hydrogen-bond donors (Lipinski definition) is 2. The van der Waals surface area contributed by atoms with Crippen LogP contribution in [0.2, 0.25) is 0 Å². The van der Waals surface area contributed by atoms with Crippen LogP contribution in [0.3, 0.4) is 0 Å². The summed E-state index contributed by atoms with van der Waals surface area (Å²) >= 11 is 0. The van der Waals surface area contributed by atoms with Crippen LogP contribution in [0.4, 0.5) is 10.5 Å². The summed E-state index contributed by atoms with van der Waals surface area (Å²) in [5, 5.41) is 2.42. The second-order valence-electron chi connectivity index (χ2n) is 5.20. The minimum Gasteiger partial charge on any atom is -0.367 e. The molecule has 1 aromatic rings. The molecule has 1 aliphatic rings. The number of aromatic nitrogens is 1. The third kappa shape index (κ3) is 3.62. The molecule has 1 atom stereocenters. The third-order valence-electron chi connectivity index (χ3n) is 3.67. The van der Waals surface area contributed by atoms with Crippen molar-refractivity contribution < 1.29 is 9.59 Å². The molecular weight excluding hydrogens is 270 g/mol. The highest BCUT2D eigenvalue weighted by molar-refractivity contribution is 5.86. The van der Waals surface area contributed by atoms with Crippen molar-refractivity contribution in [3.63, 3.8) is 0 Å². The Labute approximate surface area is 124 Å². The molecule has 0 aliphatic carbocycles. The summed E-state index contributed by atoms with van der Waals surface area (Å²) in [6.07, 6.45) is 3.62. The standard InChI is InChI=1S/C14H21N5O2/c1-10-3-4-16-9-12(10)18-5-7-19(8-6-18)13(20)11(2)17-14(15)21/h3-4,9,11H,5-8H2,1-2H3,(H3,15,17,21). The van der Waals surface area contributed by atoms with Gasteiger partial charge in [0.2, 0.25) is 5.91 Å². The van der Waals surface area contributed by atoms with Gasteiger partial charge >= 0.3 is 6.03 Å². The van der Waals surface area contributed by atoms with E-state index >= 15 is 0 Å². The fourth-order valence-corrected chi connectivity index (χ4v) is 2.50. The molecule has 114 valence electrons. The average molecular weight is 291 g/mol. The molecule has 1 unspecified atom stereocenters. The number of hydrogen-bond acceptors (Lipinski definition) is 4. The number of pyridine rings is 1. The summed E-state index contributed by atoms with van der Waals surface area (Å²) in [6, 6.07) is 0.709. The third-order valence-corrected chi connectivity index (χ3v) is 3.67. The molecular formula is C14H21N5O2. The zero-order chi connectivity index (χ0) is 15.4. The van der Waals surface area contributed by atoms with Crippen LogP contribution >= 0.6 is 0 Å². The van der Waals surface area contributed by atoms with E-state index in [9.17, 15) is 9.59 Å². The average Bonchev–Trinajstić information content (AvgIpc) is 2.46. The number of primary amides is 1. The van der Waals surface area contributed by atoms with E-state index in [2.05, 4.69) is 15.2 Å². The Morgan fingerprint density at radius 3 is 2.57 bits per heavy atom. The molecule has 0 spiro atoms. The lowest BCUT2D eigenvalue weighted by atomic mass is 10.2. The van der Waals surface area contributed by atoms with Crippen molar-refractivity contribution >= 4 is 17.6 Å². The number of nitrogens with two attached hydrogens (primary N) is 1. The molecule has 0 bridgehead atoms. The largest absolute Gasteiger partial charge is 0.367 e. The van der Waals surface area contributed by atoms with Gasteiger partial charge in [0.25, 0.3) is 0 Å². The maximum absolute atomic E-state index is 12.2. The summed E-state index contributed by atoms with van der Waals surface area (Å²) < 4.78 is 0. The first kappa shape index (κ1) is 15.1. The van der Waals surface area contributed by atoms with Gasteiger partial charge in [0, 0.05) is 32.4 Å². The number of carbonyl (C=O) groups excluding carboxylic acids is 2. The van der Waals surface area contributed by atoms with Crippen LogP contribution in [-0.4, -0.2) is 54.0 Å². The zero-order valence-electron chi connectivity index (χ0n) is 12.4. The predicted octanol–water partition coefficient (Wildman–Crippen LogP) is 0.0954. The number of nitrogens with one attached hydrogen (secondary N) is 1. The highest BCUT2D eigenvalue weighted by Gasteiger charge is 2.25. The first-order valence-corrected chi connectivity index (χ1v) is 6.99. The van der Waals surface area contributed by atoms with Gasteiger partial charge in [-0.05, 0) is 25.5 Å². The van der Waals surface area contributed by atoms with Gasteiger partial charge in [-0.1, -0.05) is 0 Å². The van der Waals surface area contributed by atoms with Gasteiger partial charge in [-0.3, -0.25) is 9.78 Å². The Morgan fingerprint density at radius 1 is 1.33 bits per heavy atom. The van der Waals surface area contributed by atoms with E-state index in [1.807, 2.05) is 19.2 Å². The molecule has 21 heavy (non-hydrogen) atoms. The minimum atomic E-state index is -0.680. The maximum atomic E-state index is 12.2. The van der Waals surface area contributed by atoms with Crippen LogP contribution in [0.5, 0.6) is 0 Å². The predicted molar refractivity (Wildman–Crippen MR) is 79.9 cm³/mol. The van der Waals surface area contributed by atoms with Crippen molar-refractivity contribution in [2.75, 3.05) is 31.1 Å². The number of nitrogens with zero attached hydrogens (tertiary/aromatic N) is 3. The van der Waals surface area contributed by atoms with Crippen LogP contribution in [0, 0.1) is 6.92 Å². The lowest BCUT2D eigenvalue weighted by molar-refractivity contribution is -0.133. The molecule has 3 N–H and O–H groups in total. The van der Waals surface area contributed by atoms with Crippen molar-refractivity contribution in [2.24, 2.45) is 5.73 Å². The molecule has 0 aromatic carbocycles. The number of amides is 3. The van der Waals surface area contributed by atoms with E-state index in [0.717, 1.165) is 18.8 Å². The van der Waals surface area contributed by atoms with Crippen molar-refractivity contribution in [2.45, 2.75) is 19.9 Å². The van der Waals surface area contributed by atoms with Crippen molar-refractivity contribution in [1.29, 1.82) is 0 Å². The number of rotatable bonds is 3.